The van der Waals surface area contributed by atoms with Crippen molar-refractivity contribution in [1.29, 1.82) is 0 Å². The molecule has 0 amide bonds. The van der Waals surface area contributed by atoms with Crippen molar-refractivity contribution in [1.82, 2.24) is 15.0 Å². The number of rotatable bonds is 4. The summed E-state index contributed by atoms with van der Waals surface area (Å²) in [5.41, 5.74) is 0. The Bertz CT molecular complexity index is 546. The van der Waals surface area contributed by atoms with E-state index in [9.17, 15) is 4.39 Å². The first-order valence-corrected chi connectivity index (χ1v) is 6.68. The van der Waals surface area contributed by atoms with Crippen LogP contribution >= 0.6 is 22.9 Å². The standard InChI is InChI=1S/C11H12ClFN4S/c1-3-7-4-14-10(18-7)6(2)16-9-8(13)5-15-11(12)17-9/h4-6H,3H2,1-2H3,(H,15,16,17). The molecule has 0 radical (unpaired) electrons. The van der Waals surface area contributed by atoms with Gasteiger partial charge in [0, 0.05) is 11.1 Å². The van der Waals surface area contributed by atoms with Crippen LogP contribution in [0.5, 0.6) is 0 Å². The van der Waals surface area contributed by atoms with Crippen molar-refractivity contribution >= 4 is 28.8 Å². The zero-order valence-electron chi connectivity index (χ0n) is 9.94. The van der Waals surface area contributed by atoms with Gasteiger partial charge in [0.25, 0.3) is 0 Å². The van der Waals surface area contributed by atoms with Gasteiger partial charge in [0.2, 0.25) is 5.28 Å². The van der Waals surface area contributed by atoms with E-state index in [1.54, 1.807) is 11.3 Å². The Balaban J connectivity index is 2.15. The average molecular weight is 287 g/mol. The largest absolute Gasteiger partial charge is 0.359 e. The highest BCUT2D eigenvalue weighted by Gasteiger charge is 2.13. The third-order valence-corrected chi connectivity index (χ3v) is 3.86. The highest BCUT2D eigenvalue weighted by atomic mass is 35.5. The molecule has 7 heteroatoms. The van der Waals surface area contributed by atoms with E-state index in [0.717, 1.165) is 17.6 Å². The molecule has 18 heavy (non-hydrogen) atoms. The third-order valence-electron chi connectivity index (χ3n) is 2.36. The lowest BCUT2D eigenvalue weighted by molar-refractivity contribution is 0.613. The number of thiazole rings is 1. The minimum atomic E-state index is -0.529. The van der Waals surface area contributed by atoms with Crippen LogP contribution < -0.4 is 5.32 Å². The molecule has 1 N–H and O–H groups in total. The molecule has 96 valence electrons. The number of halogens is 2. The predicted molar refractivity (Wildman–Crippen MR) is 70.5 cm³/mol. The van der Waals surface area contributed by atoms with Gasteiger partial charge in [0.1, 0.15) is 5.01 Å². The summed E-state index contributed by atoms with van der Waals surface area (Å²) in [4.78, 5) is 12.9. The highest BCUT2D eigenvalue weighted by Crippen LogP contribution is 2.24. The summed E-state index contributed by atoms with van der Waals surface area (Å²) in [5, 5.41) is 3.85. The van der Waals surface area contributed by atoms with E-state index in [4.69, 9.17) is 11.6 Å². The minimum absolute atomic E-state index is 0.0134. The summed E-state index contributed by atoms with van der Waals surface area (Å²) in [7, 11) is 0. The van der Waals surface area contributed by atoms with E-state index in [1.165, 1.54) is 4.88 Å². The molecule has 0 saturated heterocycles. The van der Waals surface area contributed by atoms with Gasteiger partial charge in [-0.15, -0.1) is 11.3 Å². The van der Waals surface area contributed by atoms with E-state index in [2.05, 4.69) is 27.2 Å². The molecule has 2 aromatic rings. The van der Waals surface area contributed by atoms with Crippen LogP contribution in [0.15, 0.2) is 12.4 Å². The number of nitrogens with zero attached hydrogens (tertiary/aromatic N) is 3. The molecule has 4 nitrogen and oxygen atoms in total. The molecule has 0 fully saturated rings. The molecule has 0 bridgehead atoms. The fourth-order valence-corrected chi connectivity index (χ4v) is 2.39. The van der Waals surface area contributed by atoms with Gasteiger partial charge in [-0.2, -0.15) is 4.98 Å². The van der Waals surface area contributed by atoms with E-state index >= 15 is 0 Å². The van der Waals surface area contributed by atoms with Crippen LogP contribution in [0.3, 0.4) is 0 Å². The van der Waals surface area contributed by atoms with Crippen molar-refractivity contribution in [2.45, 2.75) is 26.3 Å². The topological polar surface area (TPSA) is 50.7 Å². The second kappa shape index (κ2) is 5.58. The maximum atomic E-state index is 13.5. The summed E-state index contributed by atoms with van der Waals surface area (Å²) in [6, 6.07) is -0.129. The maximum absolute atomic E-state index is 13.5. The smallest absolute Gasteiger partial charge is 0.224 e. The van der Waals surface area contributed by atoms with Gasteiger partial charge in [-0.3, -0.25) is 0 Å². The van der Waals surface area contributed by atoms with Crippen LogP contribution in [0.4, 0.5) is 10.2 Å². The second-order valence-corrected chi connectivity index (χ2v) is 5.20. The Morgan fingerprint density at radius 2 is 2.22 bits per heavy atom. The van der Waals surface area contributed by atoms with Crippen molar-refractivity contribution < 1.29 is 4.39 Å². The number of hydrogen-bond acceptors (Lipinski definition) is 5. The van der Waals surface area contributed by atoms with Gasteiger partial charge < -0.3 is 5.32 Å². The average Bonchev–Trinajstić information content (AvgIpc) is 2.82. The van der Waals surface area contributed by atoms with Crippen LogP contribution in [0.2, 0.25) is 5.28 Å². The van der Waals surface area contributed by atoms with Gasteiger partial charge in [0.05, 0.1) is 12.2 Å². The minimum Gasteiger partial charge on any atom is -0.359 e. The Hall–Kier alpha value is -1.27. The predicted octanol–water partition coefficient (Wildman–Crippen LogP) is 3.46. The molecule has 0 aliphatic heterocycles. The van der Waals surface area contributed by atoms with Crippen molar-refractivity contribution in [3.05, 3.63) is 33.4 Å². The van der Waals surface area contributed by atoms with Crippen LogP contribution in [0.25, 0.3) is 0 Å². The molecule has 0 spiro atoms. The summed E-state index contributed by atoms with van der Waals surface area (Å²) >= 11 is 7.23. The number of nitrogens with one attached hydrogen (secondary N) is 1. The lowest BCUT2D eigenvalue weighted by Crippen LogP contribution is -2.09. The summed E-state index contributed by atoms with van der Waals surface area (Å²) < 4.78 is 13.5. The fraction of sp³-hybridized carbons (Fsp3) is 0.364. The Kier molecular flexibility index (Phi) is 4.08. The first-order chi connectivity index (χ1) is 8.60. The molecule has 0 aliphatic carbocycles. The molecule has 2 heterocycles. The number of aryl methyl sites for hydroxylation is 1. The Morgan fingerprint density at radius 3 is 2.89 bits per heavy atom. The summed E-state index contributed by atoms with van der Waals surface area (Å²) in [5.74, 6) is -0.436. The Morgan fingerprint density at radius 1 is 1.44 bits per heavy atom. The van der Waals surface area contributed by atoms with Crippen molar-refractivity contribution in [2.75, 3.05) is 5.32 Å². The van der Waals surface area contributed by atoms with E-state index in [0.29, 0.717) is 0 Å². The molecular formula is C11H12ClFN4S. The maximum Gasteiger partial charge on any atom is 0.224 e. The van der Waals surface area contributed by atoms with Crippen LogP contribution in [-0.4, -0.2) is 15.0 Å². The highest BCUT2D eigenvalue weighted by molar-refractivity contribution is 7.11. The second-order valence-electron chi connectivity index (χ2n) is 3.72. The molecule has 0 aromatic carbocycles. The molecule has 0 aliphatic rings. The van der Waals surface area contributed by atoms with Crippen molar-refractivity contribution in [3.8, 4) is 0 Å². The Labute approximate surface area is 113 Å². The van der Waals surface area contributed by atoms with Gasteiger partial charge in [-0.05, 0) is 24.9 Å². The fourth-order valence-electron chi connectivity index (χ4n) is 1.40. The molecular weight excluding hydrogens is 275 g/mol. The first-order valence-electron chi connectivity index (χ1n) is 5.49. The van der Waals surface area contributed by atoms with Crippen LogP contribution in [0.1, 0.15) is 29.8 Å². The van der Waals surface area contributed by atoms with Gasteiger partial charge in [-0.25, -0.2) is 14.4 Å². The normalized spacial score (nSPS) is 12.4. The number of aromatic nitrogens is 3. The zero-order valence-corrected chi connectivity index (χ0v) is 11.5. The summed E-state index contributed by atoms with van der Waals surface area (Å²) in [6.07, 6.45) is 3.82. The molecule has 0 saturated carbocycles. The number of hydrogen-bond donors (Lipinski definition) is 1. The quantitative estimate of drug-likeness (QED) is 0.875. The van der Waals surface area contributed by atoms with Gasteiger partial charge >= 0.3 is 0 Å². The zero-order chi connectivity index (χ0) is 13.1. The van der Waals surface area contributed by atoms with Crippen LogP contribution in [0, 0.1) is 5.82 Å². The van der Waals surface area contributed by atoms with Crippen molar-refractivity contribution in [3.63, 3.8) is 0 Å². The molecule has 1 atom stereocenters. The molecule has 2 aromatic heterocycles. The lowest BCUT2D eigenvalue weighted by Gasteiger charge is -2.12. The van der Waals surface area contributed by atoms with E-state index in [1.807, 2.05) is 13.1 Å². The third kappa shape index (κ3) is 2.94. The number of anilines is 1. The van der Waals surface area contributed by atoms with Crippen molar-refractivity contribution in [2.24, 2.45) is 0 Å². The monoisotopic (exact) mass is 286 g/mol. The molecule has 1 unspecified atom stereocenters. The van der Waals surface area contributed by atoms with Gasteiger partial charge in [-0.1, -0.05) is 6.92 Å². The SMILES string of the molecule is CCc1cnc(C(C)Nc2nc(Cl)ncc2F)s1. The van der Waals surface area contributed by atoms with E-state index < -0.39 is 5.82 Å². The van der Waals surface area contributed by atoms with Gasteiger partial charge in [0.15, 0.2) is 11.6 Å². The molecule has 2 rings (SSSR count). The van der Waals surface area contributed by atoms with E-state index in [-0.39, 0.29) is 17.1 Å². The first kappa shape index (κ1) is 13.2. The summed E-state index contributed by atoms with van der Waals surface area (Å²) in [6.45, 7) is 3.97. The lowest BCUT2D eigenvalue weighted by atomic mass is 10.3. The van der Waals surface area contributed by atoms with Crippen LogP contribution in [-0.2, 0) is 6.42 Å².